The zero-order chi connectivity index (χ0) is 19.9. The molecule has 0 heterocycles. The Hall–Kier alpha value is -1.54. The van der Waals surface area contributed by atoms with Gasteiger partial charge < -0.3 is 36.2 Å². The molecule has 0 saturated carbocycles. The van der Waals surface area contributed by atoms with E-state index in [1.165, 1.54) is 13.1 Å². The van der Waals surface area contributed by atoms with E-state index in [4.69, 9.17) is 9.47 Å². The van der Waals surface area contributed by atoms with Gasteiger partial charge in [-0.25, -0.2) is 0 Å². The molecule has 0 fully saturated rings. The monoisotopic (exact) mass is 398 g/mol. The van der Waals surface area contributed by atoms with Crippen molar-refractivity contribution in [1.82, 2.24) is 10.2 Å². The van der Waals surface area contributed by atoms with Gasteiger partial charge in [-0.15, -0.1) is 23.8 Å². The molecule has 2 amide bonds. The van der Waals surface area contributed by atoms with Crippen LogP contribution in [0.3, 0.4) is 0 Å². The van der Waals surface area contributed by atoms with E-state index in [0.29, 0.717) is 17.1 Å². The SMILES string of the molecule is COc1ccc([C-]=CC(=O)N[C-]=C=O)c(OC)c1.[CH2-]C(=O)N(C)CCC.[K+]. The quantitative estimate of drug-likeness (QED) is 0.196. The first kappa shape index (κ1) is 27.7. The first-order valence-corrected chi connectivity index (χ1v) is 7.70. The Kier molecular flexibility index (Phi) is 17.0. The van der Waals surface area contributed by atoms with Crippen LogP contribution in [0.2, 0.25) is 0 Å². The third-order valence-corrected chi connectivity index (χ3v) is 2.99. The molecule has 0 aromatic heterocycles. The van der Waals surface area contributed by atoms with Crippen LogP contribution in [0.15, 0.2) is 24.3 Å². The number of ether oxygens (including phenoxy) is 2. The molecular formula is C19H23KN2O5-2. The molecule has 1 N–H and O–H groups in total. The van der Waals surface area contributed by atoms with Gasteiger partial charge in [0.25, 0.3) is 0 Å². The Balaban J connectivity index is 0. The molecule has 0 aliphatic heterocycles. The van der Waals surface area contributed by atoms with Crippen LogP contribution in [0, 0.1) is 19.2 Å². The molecule has 1 aromatic carbocycles. The summed E-state index contributed by atoms with van der Waals surface area (Å²) in [5.74, 6) is 1.84. The topological polar surface area (TPSA) is 84.9 Å². The van der Waals surface area contributed by atoms with Crippen molar-refractivity contribution in [2.45, 2.75) is 13.3 Å². The number of nitrogens with zero attached hydrogens (tertiary/aromatic N) is 1. The maximum absolute atomic E-state index is 11.2. The van der Waals surface area contributed by atoms with Crippen molar-refractivity contribution in [3.8, 4) is 11.5 Å². The first-order valence-electron chi connectivity index (χ1n) is 7.70. The Morgan fingerprint density at radius 1 is 1.33 bits per heavy atom. The van der Waals surface area contributed by atoms with E-state index >= 15 is 0 Å². The summed E-state index contributed by atoms with van der Waals surface area (Å²) >= 11 is 0. The van der Waals surface area contributed by atoms with Crippen molar-refractivity contribution >= 4 is 17.8 Å². The van der Waals surface area contributed by atoms with Gasteiger partial charge in [-0.3, -0.25) is 4.79 Å². The molecule has 142 valence electrons. The molecule has 8 heteroatoms. The fraction of sp³-hybridized carbons (Fsp3) is 0.316. The van der Waals surface area contributed by atoms with Gasteiger partial charge in [-0.2, -0.15) is 0 Å². The number of carbonyl (C=O) groups is 2. The van der Waals surface area contributed by atoms with Crippen molar-refractivity contribution < 1.29 is 75.2 Å². The van der Waals surface area contributed by atoms with Gasteiger partial charge in [0, 0.05) is 25.3 Å². The summed E-state index contributed by atoms with van der Waals surface area (Å²) in [5.41, 5.74) is 0.587. The summed E-state index contributed by atoms with van der Waals surface area (Å²) < 4.78 is 10.2. The Labute approximate surface area is 203 Å². The van der Waals surface area contributed by atoms with E-state index in [-0.39, 0.29) is 57.3 Å². The largest absolute Gasteiger partial charge is 1.00 e. The van der Waals surface area contributed by atoms with Crippen LogP contribution < -0.4 is 66.2 Å². The summed E-state index contributed by atoms with van der Waals surface area (Å²) in [7, 11) is 4.80. The van der Waals surface area contributed by atoms with Crippen LogP contribution in [0.1, 0.15) is 18.9 Å². The number of hydrogen-bond acceptors (Lipinski definition) is 5. The zero-order valence-electron chi connectivity index (χ0n) is 16.4. The smallest absolute Gasteiger partial charge is 0.539 e. The van der Waals surface area contributed by atoms with Gasteiger partial charge in [0.15, 0.2) is 0 Å². The van der Waals surface area contributed by atoms with Crippen molar-refractivity contribution in [3.63, 3.8) is 0 Å². The van der Waals surface area contributed by atoms with Crippen LogP contribution in [0.5, 0.6) is 11.5 Å². The summed E-state index contributed by atoms with van der Waals surface area (Å²) in [6, 6.07) is 5.08. The number of rotatable bonds is 7. The van der Waals surface area contributed by atoms with E-state index in [9.17, 15) is 14.4 Å². The molecule has 7 nitrogen and oxygen atoms in total. The predicted molar refractivity (Wildman–Crippen MR) is 96.8 cm³/mol. The third-order valence-electron chi connectivity index (χ3n) is 2.99. The third kappa shape index (κ3) is 12.5. The fourth-order valence-corrected chi connectivity index (χ4v) is 1.64. The Morgan fingerprint density at radius 2 is 2.00 bits per heavy atom. The van der Waals surface area contributed by atoms with E-state index in [1.54, 1.807) is 37.3 Å². The molecule has 27 heavy (non-hydrogen) atoms. The molecule has 0 unspecified atom stereocenters. The fourth-order valence-electron chi connectivity index (χ4n) is 1.64. The van der Waals surface area contributed by atoms with E-state index in [1.807, 2.05) is 13.1 Å². The summed E-state index contributed by atoms with van der Waals surface area (Å²) in [6.07, 6.45) is 6.77. The molecule has 1 aromatic rings. The molecule has 0 saturated heterocycles. The van der Waals surface area contributed by atoms with Crippen LogP contribution in [-0.4, -0.2) is 50.5 Å². The number of amides is 2. The maximum atomic E-state index is 11.2. The van der Waals surface area contributed by atoms with Crippen molar-refractivity contribution in [1.29, 1.82) is 0 Å². The van der Waals surface area contributed by atoms with Crippen LogP contribution in [0.4, 0.5) is 0 Å². The second kappa shape index (κ2) is 16.6. The molecule has 0 spiro atoms. The molecule has 0 radical (unpaired) electrons. The van der Waals surface area contributed by atoms with Crippen LogP contribution in [0.25, 0.3) is 0 Å². The number of nitrogens with one attached hydrogen (secondary N) is 1. The van der Waals surface area contributed by atoms with Gasteiger partial charge in [0.05, 0.1) is 26.0 Å². The van der Waals surface area contributed by atoms with E-state index < -0.39 is 5.91 Å². The van der Waals surface area contributed by atoms with Crippen LogP contribution in [-0.2, 0) is 14.4 Å². The Morgan fingerprint density at radius 3 is 2.44 bits per heavy atom. The zero-order valence-corrected chi connectivity index (χ0v) is 19.5. The van der Waals surface area contributed by atoms with Gasteiger partial charge in [0.2, 0.25) is 0 Å². The van der Waals surface area contributed by atoms with Crippen molar-refractivity contribution in [2.75, 3.05) is 27.8 Å². The van der Waals surface area contributed by atoms with Crippen molar-refractivity contribution in [2.24, 2.45) is 0 Å². The van der Waals surface area contributed by atoms with Gasteiger partial charge >= 0.3 is 51.4 Å². The summed E-state index contributed by atoms with van der Waals surface area (Å²) in [4.78, 5) is 32.9. The average molecular weight is 399 g/mol. The summed E-state index contributed by atoms with van der Waals surface area (Å²) in [5, 5.41) is 2.07. The molecule has 0 aliphatic rings. The molecule has 1 rings (SSSR count). The number of methoxy groups -OCH3 is 2. The normalized spacial score (nSPS) is 9.04. The van der Waals surface area contributed by atoms with Gasteiger partial charge in [0.1, 0.15) is 5.75 Å². The second-order valence-electron chi connectivity index (χ2n) is 4.89. The molecular weight excluding hydrogens is 375 g/mol. The summed E-state index contributed by atoms with van der Waals surface area (Å²) in [6.45, 7) is 6.08. The second-order valence-corrected chi connectivity index (χ2v) is 4.89. The molecule has 0 atom stereocenters. The van der Waals surface area contributed by atoms with Crippen LogP contribution >= 0.6 is 0 Å². The number of carbonyl (C=O) groups excluding carboxylic acids is 3. The Bertz CT molecular complexity index is 670. The predicted octanol–water partition coefficient (Wildman–Crippen LogP) is -1.63. The van der Waals surface area contributed by atoms with Gasteiger partial charge in [-0.05, 0) is 12.5 Å². The number of hydrogen-bond donors (Lipinski definition) is 1. The molecule has 0 aliphatic carbocycles. The van der Waals surface area contributed by atoms with Gasteiger partial charge in [-0.1, -0.05) is 19.2 Å². The van der Waals surface area contributed by atoms with E-state index in [0.717, 1.165) is 19.0 Å². The number of benzene rings is 1. The minimum absolute atomic E-state index is 0. The first-order chi connectivity index (χ1) is 12.4. The standard InChI is InChI=1S/C13H11NO4.C6H12NO.K/c1-17-11-5-3-10(12(9-11)18-2)4-6-13(16)14-7-8-15;1-4-5-7(3)6(2)8;/h3,5-6,9H,1-2H3,(H,14,16);2,4-5H2,1,3H3;/q-2;-1;+1. The maximum Gasteiger partial charge on any atom is 1.00 e. The minimum atomic E-state index is -0.531. The molecule has 0 bridgehead atoms. The van der Waals surface area contributed by atoms with E-state index in [2.05, 4.69) is 18.3 Å². The van der Waals surface area contributed by atoms with Crippen molar-refractivity contribution in [3.05, 3.63) is 49.0 Å². The minimum Gasteiger partial charge on any atom is -0.539 e. The average Bonchev–Trinajstić information content (AvgIpc) is 2.65.